The highest BCUT2D eigenvalue weighted by molar-refractivity contribution is 8.13. The first-order valence-corrected chi connectivity index (χ1v) is 7.29. The van der Waals surface area contributed by atoms with Crippen molar-refractivity contribution in [3.05, 3.63) is 47.9 Å². The van der Waals surface area contributed by atoms with Crippen LogP contribution in [0.3, 0.4) is 0 Å². The largest absolute Gasteiger partial charge is 0.495 e. The standard InChI is InChI=1S/C15H13FN2O4S/c1-22-12-5-4-9(16)7-11(12)18-8-13(19)23-14-10(15(20)21)3-2-6-17-14/h2-7,18H,8H2,1H3,(H,20,21). The average molecular weight is 336 g/mol. The second-order valence-corrected chi connectivity index (χ2v) is 5.38. The van der Waals surface area contributed by atoms with Crippen LogP contribution < -0.4 is 10.1 Å². The number of carbonyl (C=O) groups is 2. The summed E-state index contributed by atoms with van der Waals surface area (Å²) in [6.45, 7) is -0.139. The van der Waals surface area contributed by atoms with Gasteiger partial charge in [-0.25, -0.2) is 14.2 Å². The maximum atomic E-state index is 13.2. The minimum atomic E-state index is -1.16. The third kappa shape index (κ3) is 4.43. The third-order valence-corrected chi connectivity index (χ3v) is 3.69. The van der Waals surface area contributed by atoms with Crippen molar-refractivity contribution in [1.82, 2.24) is 4.98 Å². The Bertz CT molecular complexity index is 739. The van der Waals surface area contributed by atoms with Crippen molar-refractivity contribution in [2.75, 3.05) is 19.0 Å². The fourth-order valence-corrected chi connectivity index (χ4v) is 2.50. The van der Waals surface area contributed by atoms with Gasteiger partial charge in [-0.2, -0.15) is 0 Å². The molecular formula is C15H13FN2O4S. The zero-order valence-electron chi connectivity index (χ0n) is 12.1. The van der Waals surface area contributed by atoms with Gasteiger partial charge in [-0.05, 0) is 36.0 Å². The van der Waals surface area contributed by atoms with Crippen LogP contribution in [0.15, 0.2) is 41.6 Å². The number of methoxy groups -OCH3 is 1. The van der Waals surface area contributed by atoms with Gasteiger partial charge < -0.3 is 15.2 Å². The van der Waals surface area contributed by atoms with E-state index in [-0.39, 0.29) is 22.2 Å². The smallest absolute Gasteiger partial charge is 0.338 e. The van der Waals surface area contributed by atoms with Crippen LogP contribution in [0.25, 0.3) is 0 Å². The number of hydrogen-bond donors (Lipinski definition) is 2. The van der Waals surface area contributed by atoms with Gasteiger partial charge in [0.05, 0.1) is 24.9 Å². The molecule has 0 amide bonds. The molecule has 0 radical (unpaired) electrons. The van der Waals surface area contributed by atoms with Crippen molar-refractivity contribution in [2.45, 2.75) is 5.03 Å². The number of pyridine rings is 1. The number of benzene rings is 1. The number of carboxylic acids is 1. The molecule has 0 saturated carbocycles. The highest BCUT2D eigenvalue weighted by Gasteiger charge is 2.15. The summed E-state index contributed by atoms with van der Waals surface area (Å²) in [5.74, 6) is -1.23. The predicted molar refractivity (Wildman–Crippen MR) is 83.5 cm³/mol. The Balaban J connectivity index is 2.04. The Morgan fingerprint density at radius 2 is 2.17 bits per heavy atom. The van der Waals surface area contributed by atoms with E-state index in [0.29, 0.717) is 23.2 Å². The van der Waals surface area contributed by atoms with Crippen molar-refractivity contribution in [1.29, 1.82) is 0 Å². The Labute approximate surface area is 135 Å². The van der Waals surface area contributed by atoms with Gasteiger partial charge in [-0.15, -0.1) is 0 Å². The Morgan fingerprint density at radius 3 is 2.87 bits per heavy atom. The molecule has 2 rings (SSSR count). The minimum absolute atomic E-state index is 0.0470. The molecule has 2 N–H and O–H groups in total. The van der Waals surface area contributed by atoms with Crippen molar-refractivity contribution < 1.29 is 23.8 Å². The van der Waals surface area contributed by atoms with Gasteiger partial charge >= 0.3 is 5.97 Å². The number of nitrogens with one attached hydrogen (secondary N) is 1. The first-order chi connectivity index (χ1) is 11.0. The molecular weight excluding hydrogens is 323 g/mol. The number of ether oxygens (including phenoxy) is 1. The van der Waals surface area contributed by atoms with Crippen molar-refractivity contribution in [3.8, 4) is 5.75 Å². The van der Waals surface area contributed by atoms with E-state index in [4.69, 9.17) is 9.84 Å². The zero-order valence-corrected chi connectivity index (χ0v) is 12.9. The molecule has 0 fully saturated rings. The number of carboxylic acid groups (broad SMARTS) is 1. The van der Waals surface area contributed by atoms with E-state index >= 15 is 0 Å². The third-order valence-electron chi connectivity index (χ3n) is 2.80. The molecule has 0 atom stereocenters. The maximum absolute atomic E-state index is 13.2. The molecule has 0 unspecified atom stereocenters. The Hall–Kier alpha value is -2.61. The van der Waals surface area contributed by atoms with E-state index in [1.165, 1.54) is 43.6 Å². The highest BCUT2D eigenvalue weighted by Crippen LogP contribution is 2.26. The van der Waals surface area contributed by atoms with E-state index in [1.807, 2.05) is 0 Å². The van der Waals surface area contributed by atoms with Crippen LogP contribution in [0.1, 0.15) is 10.4 Å². The summed E-state index contributed by atoms with van der Waals surface area (Å²) < 4.78 is 18.3. The lowest BCUT2D eigenvalue weighted by atomic mass is 10.3. The fraction of sp³-hybridized carbons (Fsp3) is 0.133. The lowest BCUT2D eigenvalue weighted by Crippen LogP contribution is -2.12. The monoisotopic (exact) mass is 336 g/mol. The predicted octanol–water partition coefficient (Wildman–Crippen LogP) is 2.66. The van der Waals surface area contributed by atoms with E-state index in [9.17, 15) is 14.0 Å². The number of aromatic nitrogens is 1. The number of rotatable bonds is 6. The van der Waals surface area contributed by atoms with Gasteiger partial charge in [-0.1, -0.05) is 0 Å². The lowest BCUT2D eigenvalue weighted by Gasteiger charge is -2.10. The molecule has 2 aromatic rings. The molecule has 0 spiro atoms. The summed E-state index contributed by atoms with van der Waals surface area (Å²) in [7, 11) is 1.43. The zero-order chi connectivity index (χ0) is 16.8. The van der Waals surface area contributed by atoms with Crippen LogP contribution in [0.5, 0.6) is 5.75 Å². The minimum Gasteiger partial charge on any atom is -0.495 e. The summed E-state index contributed by atoms with van der Waals surface area (Å²) in [6.07, 6.45) is 1.41. The molecule has 1 aromatic carbocycles. The molecule has 1 aromatic heterocycles. The fourth-order valence-electron chi connectivity index (χ4n) is 1.76. The second-order valence-electron chi connectivity index (χ2n) is 4.33. The van der Waals surface area contributed by atoms with E-state index in [1.54, 1.807) is 0 Å². The van der Waals surface area contributed by atoms with E-state index in [2.05, 4.69) is 10.3 Å². The van der Waals surface area contributed by atoms with Gasteiger partial charge in [0.25, 0.3) is 0 Å². The van der Waals surface area contributed by atoms with Crippen LogP contribution in [0.4, 0.5) is 10.1 Å². The summed E-state index contributed by atoms with van der Waals surface area (Å²) >= 11 is 0.708. The quantitative estimate of drug-likeness (QED) is 0.784. The SMILES string of the molecule is COc1ccc(F)cc1NCC(=O)Sc1ncccc1C(=O)O. The average Bonchev–Trinajstić information content (AvgIpc) is 2.53. The molecule has 0 aliphatic heterocycles. The van der Waals surface area contributed by atoms with Crippen LogP contribution in [0, 0.1) is 5.82 Å². The van der Waals surface area contributed by atoms with E-state index < -0.39 is 11.8 Å². The number of halogens is 1. The summed E-state index contributed by atoms with van der Waals surface area (Å²) in [5, 5.41) is 11.6. The van der Waals surface area contributed by atoms with Gasteiger partial charge in [0.15, 0.2) is 0 Å². The highest BCUT2D eigenvalue weighted by atomic mass is 32.2. The van der Waals surface area contributed by atoms with Gasteiger partial charge in [0, 0.05) is 12.3 Å². The molecule has 8 heteroatoms. The number of thioether (sulfide) groups is 1. The number of nitrogens with zero attached hydrogens (tertiary/aromatic N) is 1. The molecule has 23 heavy (non-hydrogen) atoms. The van der Waals surface area contributed by atoms with Gasteiger partial charge in [0.2, 0.25) is 5.12 Å². The molecule has 0 aliphatic rings. The van der Waals surface area contributed by atoms with Crippen molar-refractivity contribution >= 4 is 28.5 Å². The van der Waals surface area contributed by atoms with Crippen LogP contribution >= 0.6 is 11.8 Å². The topological polar surface area (TPSA) is 88.5 Å². The summed E-state index contributed by atoms with van der Waals surface area (Å²) in [5.41, 5.74) is 0.287. The summed E-state index contributed by atoms with van der Waals surface area (Å²) in [6, 6.07) is 6.74. The second kappa shape index (κ2) is 7.59. The molecule has 0 saturated heterocycles. The number of carbonyl (C=O) groups excluding carboxylic acids is 1. The molecule has 1 heterocycles. The molecule has 6 nitrogen and oxygen atoms in total. The van der Waals surface area contributed by atoms with E-state index in [0.717, 1.165) is 0 Å². The Morgan fingerprint density at radius 1 is 1.39 bits per heavy atom. The Kier molecular flexibility index (Phi) is 5.53. The maximum Gasteiger partial charge on any atom is 0.338 e. The lowest BCUT2D eigenvalue weighted by molar-refractivity contribution is -0.109. The molecule has 0 bridgehead atoms. The van der Waals surface area contributed by atoms with Crippen LogP contribution in [0.2, 0.25) is 0 Å². The first-order valence-electron chi connectivity index (χ1n) is 6.47. The van der Waals surface area contributed by atoms with Gasteiger partial charge in [-0.3, -0.25) is 4.79 Å². The van der Waals surface area contributed by atoms with Crippen LogP contribution in [-0.2, 0) is 4.79 Å². The number of aromatic carboxylic acids is 1. The molecule has 0 aliphatic carbocycles. The first kappa shape index (κ1) is 16.8. The van der Waals surface area contributed by atoms with Crippen molar-refractivity contribution in [3.63, 3.8) is 0 Å². The number of hydrogen-bond acceptors (Lipinski definition) is 6. The normalized spacial score (nSPS) is 10.2. The number of anilines is 1. The molecule has 120 valence electrons. The summed E-state index contributed by atoms with van der Waals surface area (Å²) in [4.78, 5) is 26.9. The van der Waals surface area contributed by atoms with Gasteiger partial charge in [0.1, 0.15) is 16.6 Å². The van der Waals surface area contributed by atoms with Crippen LogP contribution in [-0.4, -0.2) is 34.8 Å². The van der Waals surface area contributed by atoms with Crippen molar-refractivity contribution in [2.24, 2.45) is 0 Å².